The number of halogens is 1. The second-order valence-corrected chi connectivity index (χ2v) is 6.54. The quantitative estimate of drug-likeness (QED) is 0.346. The summed E-state index contributed by atoms with van der Waals surface area (Å²) in [6.07, 6.45) is 4.67. The van der Waals surface area contributed by atoms with Crippen LogP contribution in [0.25, 0.3) is 0 Å². The molecule has 0 bridgehead atoms. The number of likely N-dealkylation sites (tertiary alicyclic amines) is 1. The lowest BCUT2D eigenvalue weighted by Crippen LogP contribution is -2.47. The molecule has 2 rings (SSSR count). The number of ether oxygens (including phenoxy) is 1. The Labute approximate surface area is 175 Å². The summed E-state index contributed by atoms with van der Waals surface area (Å²) in [5.41, 5.74) is 1.05. The minimum absolute atomic E-state index is 0. The zero-order valence-corrected chi connectivity index (χ0v) is 19.0. The monoisotopic (exact) mass is 478 g/mol. The molecule has 0 unspecified atom stereocenters. The number of piperidine rings is 1. The molecule has 0 radical (unpaired) electrons. The zero-order valence-electron chi connectivity index (χ0n) is 16.7. The number of nitrogens with zero attached hydrogens (tertiary/aromatic N) is 3. The Morgan fingerprint density at radius 2 is 2.00 bits per heavy atom. The van der Waals surface area contributed by atoms with Crippen molar-refractivity contribution in [1.29, 1.82) is 0 Å². The van der Waals surface area contributed by atoms with Crippen molar-refractivity contribution in [3.05, 3.63) is 17.5 Å². The number of aromatic nitrogens is 1. The minimum Gasteiger partial charge on any atom is -0.378 e. The van der Waals surface area contributed by atoms with Gasteiger partial charge in [0.25, 0.3) is 0 Å². The van der Waals surface area contributed by atoms with Gasteiger partial charge in [0.15, 0.2) is 11.7 Å². The Bertz CT molecular complexity index is 523. The number of guanidine groups is 1. The van der Waals surface area contributed by atoms with Gasteiger partial charge in [-0.1, -0.05) is 19.0 Å². The van der Waals surface area contributed by atoms with Gasteiger partial charge in [-0.15, -0.1) is 24.0 Å². The van der Waals surface area contributed by atoms with Crippen LogP contribution in [-0.2, 0) is 11.3 Å². The molecule has 2 heterocycles. The van der Waals surface area contributed by atoms with Crippen LogP contribution in [0.1, 0.15) is 70.8 Å². The smallest absolute Gasteiger partial charge is 0.194 e. The van der Waals surface area contributed by atoms with Crippen molar-refractivity contribution in [2.45, 2.75) is 71.9 Å². The standard InChI is InChI=1S/C19H34N4O2.HI/c1-5-15(6-2)18-13-17(25-22-18)14-21-19(20-7-3)23-11-9-16(10-12-23)24-8-4;/h13,15-16H,5-12,14H2,1-4H3,(H,20,21);1H. The van der Waals surface area contributed by atoms with Crippen molar-refractivity contribution in [2.75, 3.05) is 26.2 Å². The topological polar surface area (TPSA) is 62.9 Å². The van der Waals surface area contributed by atoms with Crippen LogP contribution in [0.2, 0.25) is 0 Å². The number of nitrogens with one attached hydrogen (secondary N) is 1. The maximum atomic E-state index is 5.74. The van der Waals surface area contributed by atoms with E-state index in [9.17, 15) is 0 Å². The van der Waals surface area contributed by atoms with Gasteiger partial charge in [0.1, 0.15) is 6.54 Å². The van der Waals surface area contributed by atoms with Gasteiger partial charge < -0.3 is 19.5 Å². The highest BCUT2D eigenvalue weighted by Gasteiger charge is 2.21. The Kier molecular flexibility index (Phi) is 11.2. The van der Waals surface area contributed by atoms with E-state index in [1.165, 1.54) is 0 Å². The van der Waals surface area contributed by atoms with Crippen LogP contribution in [0.3, 0.4) is 0 Å². The summed E-state index contributed by atoms with van der Waals surface area (Å²) < 4.78 is 11.2. The van der Waals surface area contributed by atoms with Gasteiger partial charge in [0, 0.05) is 38.2 Å². The number of aliphatic imine (C=N–C) groups is 1. The van der Waals surface area contributed by atoms with Crippen molar-refractivity contribution < 1.29 is 9.26 Å². The molecule has 1 fully saturated rings. The van der Waals surface area contributed by atoms with E-state index in [4.69, 9.17) is 14.3 Å². The molecule has 1 aliphatic heterocycles. The van der Waals surface area contributed by atoms with Crippen LogP contribution in [0.4, 0.5) is 0 Å². The first-order valence-electron chi connectivity index (χ1n) is 9.82. The van der Waals surface area contributed by atoms with E-state index in [2.05, 4.69) is 49.1 Å². The van der Waals surface area contributed by atoms with Gasteiger partial charge in [-0.3, -0.25) is 0 Å². The van der Waals surface area contributed by atoms with Gasteiger partial charge in [-0.25, -0.2) is 4.99 Å². The first-order valence-corrected chi connectivity index (χ1v) is 9.82. The van der Waals surface area contributed by atoms with Crippen molar-refractivity contribution in [3.8, 4) is 0 Å². The highest BCUT2D eigenvalue weighted by molar-refractivity contribution is 14.0. The second-order valence-electron chi connectivity index (χ2n) is 6.54. The van der Waals surface area contributed by atoms with Crippen LogP contribution in [0.5, 0.6) is 0 Å². The Morgan fingerprint density at radius 1 is 1.31 bits per heavy atom. The molecule has 6 nitrogen and oxygen atoms in total. The van der Waals surface area contributed by atoms with E-state index >= 15 is 0 Å². The van der Waals surface area contributed by atoms with Crippen LogP contribution < -0.4 is 5.32 Å². The number of hydrogen-bond acceptors (Lipinski definition) is 4. The molecule has 1 aliphatic rings. The van der Waals surface area contributed by atoms with Crippen LogP contribution in [0, 0.1) is 0 Å². The SMILES string of the molecule is CCNC(=NCc1cc(C(CC)CC)no1)N1CCC(OCC)CC1.I. The van der Waals surface area contributed by atoms with Gasteiger partial charge in [0.2, 0.25) is 0 Å². The van der Waals surface area contributed by atoms with Crippen molar-refractivity contribution in [3.63, 3.8) is 0 Å². The number of rotatable bonds is 8. The lowest BCUT2D eigenvalue weighted by Gasteiger charge is -2.34. The molecule has 1 aromatic heterocycles. The summed E-state index contributed by atoms with van der Waals surface area (Å²) in [5, 5.41) is 7.62. The van der Waals surface area contributed by atoms with E-state index in [1.54, 1.807) is 0 Å². The third kappa shape index (κ3) is 6.72. The zero-order chi connectivity index (χ0) is 18.1. The van der Waals surface area contributed by atoms with Crippen molar-refractivity contribution >= 4 is 29.9 Å². The summed E-state index contributed by atoms with van der Waals surface area (Å²) in [6, 6.07) is 2.06. The fourth-order valence-corrected chi connectivity index (χ4v) is 3.35. The lowest BCUT2D eigenvalue weighted by atomic mass is 9.99. The van der Waals surface area contributed by atoms with E-state index < -0.39 is 0 Å². The van der Waals surface area contributed by atoms with E-state index in [0.717, 1.165) is 69.3 Å². The van der Waals surface area contributed by atoms with Crippen molar-refractivity contribution in [2.24, 2.45) is 4.99 Å². The largest absolute Gasteiger partial charge is 0.378 e. The molecule has 0 spiro atoms. The molecule has 1 N–H and O–H groups in total. The molecule has 1 saturated heterocycles. The molecule has 26 heavy (non-hydrogen) atoms. The van der Waals surface area contributed by atoms with Gasteiger partial charge in [-0.2, -0.15) is 0 Å². The molecule has 0 amide bonds. The minimum atomic E-state index is 0. The molecule has 0 atom stereocenters. The Balaban J connectivity index is 0.00000338. The second kappa shape index (κ2) is 12.5. The first kappa shape index (κ1) is 23.2. The summed E-state index contributed by atoms with van der Waals surface area (Å²) in [6.45, 7) is 12.7. The lowest BCUT2D eigenvalue weighted by molar-refractivity contribution is 0.0263. The fraction of sp³-hybridized carbons (Fsp3) is 0.789. The predicted molar refractivity (Wildman–Crippen MR) is 116 cm³/mol. The molecule has 0 saturated carbocycles. The molecule has 0 aromatic carbocycles. The average Bonchev–Trinajstić information content (AvgIpc) is 3.09. The molecule has 7 heteroatoms. The van der Waals surface area contributed by atoms with E-state index in [-0.39, 0.29) is 24.0 Å². The average molecular weight is 478 g/mol. The molecule has 0 aliphatic carbocycles. The van der Waals surface area contributed by atoms with Gasteiger partial charge in [0.05, 0.1) is 11.8 Å². The predicted octanol–water partition coefficient (Wildman–Crippen LogP) is 4.16. The molecular weight excluding hydrogens is 443 g/mol. The van der Waals surface area contributed by atoms with E-state index in [0.29, 0.717) is 18.6 Å². The normalized spacial score (nSPS) is 16.0. The van der Waals surface area contributed by atoms with Crippen LogP contribution in [-0.4, -0.2) is 48.4 Å². The Hall–Kier alpha value is -0.830. The van der Waals surface area contributed by atoms with Gasteiger partial charge >= 0.3 is 0 Å². The van der Waals surface area contributed by atoms with Crippen LogP contribution >= 0.6 is 24.0 Å². The Morgan fingerprint density at radius 3 is 2.58 bits per heavy atom. The first-order chi connectivity index (χ1) is 12.2. The summed E-state index contributed by atoms with van der Waals surface area (Å²) in [7, 11) is 0. The van der Waals surface area contributed by atoms with Crippen molar-refractivity contribution in [1.82, 2.24) is 15.4 Å². The molecule has 150 valence electrons. The third-order valence-corrected chi connectivity index (χ3v) is 4.84. The highest BCUT2D eigenvalue weighted by Crippen LogP contribution is 2.22. The molecule has 1 aromatic rings. The maximum Gasteiger partial charge on any atom is 0.194 e. The fourth-order valence-electron chi connectivity index (χ4n) is 3.35. The van der Waals surface area contributed by atoms with Crippen LogP contribution in [0.15, 0.2) is 15.6 Å². The highest BCUT2D eigenvalue weighted by atomic mass is 127. The van der Waals surface area contributed by atoms with E-state index in [1.807, 2.05) is 0 Å². The summed E-state index contributed by atoms with van der Waals surface area (Å²) in [4.78, 5) is 7.08. The van der Waals surface area contributed by atoms with Gasteiger partial charge in [-0.05, 0) is 39.5 Å². The third-order valence-electron chi connectivity index (χ3n) is 4.84. The maximum absolute atomic E-state index is 5.74. The summed E-state index contributed by atoms with van der Waals surface area (Å²) in [5.74, 6) is 2.27. The molecular formula is C19H35IN4O2. The number of hydrogen-bond donors (Lipinski definition) is 1. The summed E-state index contributed by atoms with van der Waals surface area (Å²) >= 11 is 0.